The van der Waals surface area contributed by atoms with Crippen molar-refractivity contribution in [3.05, 3.63) is 0 Å². The molecule has 0 aromatic heterocycles. The Balaban J connectivity index is 2.49. The molecule has 1 rings (SSSR count). The number of thioether (sulfide) groups is 1. The molecular formula is C10H21NO4S2. The van der Waals surface area contributed by atoms with Crippen LogP contribution in [-0.2, 0) is 14.6 Å². The van der Waals surface area contributed by atoms with E-state index in [2.05, 4.69) is 0 Å². The summed E-state index contributed by atoms with van der Waals surface area (Å²) in [5, 5.41) is 8.21. The smallest absolute Gasteiger partial charge is 0.166 e. The largest absolute Gasteiger partial charge is 0.394 e. The van der Waals surface area contributed by atoms with Gasteiger partial charge >= 0.3 is 0 Å². The summed E-state index contributed by atoms with van der Waals surface area (Å²) in [6, 6.07) is 0. The van der Waals surface area contributed by atoms with E-state index in [0.717, 1.165) is 12.3 Å². The predicted octanol–water partition coefficient (Wildman–Crippen LogP) is -0.195. The van der Waals surface area contributed by atoms with E-state index < -0.39 is 9.84 Å². The van der Waals surface area contributed by atoms with Gasteiger partial charge < -0.3 is 9.84 Å². The summed E-state index contributed by atoms with van der Waals surface area (Å²) >= 11 is 1.69. The van der Waals surface area contributed by atoms with Crippen LogP contribution in [0.3, 0.4) is 0 Å². The third-order valence-electron chi connectivity index (χ3n) is 2.77. The van der Waals surface area contributed by atoms with Crippen LogP contribution in [0.1, 0.15) is 6.92 Å². The Labute approximate surface area is 107 Å². The standard InChI is InChI=1S/C10H21NO4S2/c1-2-17(13,14)10-9-16-8-4-11(10)3-6-15-7-5-12/h10,12H,2-9H2,1H3. The molecule has 102 valence electrons. The molecule has 0 spiro atoms. The lowest BCUT2D eigenvalue weighted by molar-refractivity contribution is 0.0728. The average molecular weight is 283 g/mol. The van der Waals surface area contributed by atoms with Crippen molar-refractivity contribution in [2.75, 3.05) is 50.2 Å². The van der Waals surface area contributed by atoms with Crippen molar-refractivity contribution in [3.8, 4) is 0 Å². The van der Waals surface area contributed by atoms with Gasteiger partial charge in [-0.05, 0) is 0 Å². The Morgan fingerprint density at radius 1 is 1.47 bits per heavy atom. The van der Waals surface area contributed by atoms with Crippen LogP contribution in [0.5, 0.6) is 0 Å². The van der Waals surface area contributed by atoms with E-state index in [9.17, 15) is 8.42 Å². The van der Waals surface area contributed by atoms with Gasteiger partial charge in [-0.15, -0.1) is 0 Å². The van der Waals surface area contributed by atoms with E-state index in [0.29, 0.717) is 25.5 Å². The second-order valence-corrected chi connectivity index (χ2v) is 7.45. The molecule has 1 saturated heterocycles. The van der Waals surface area contributed by atoms with E-state index in [1.807, 2.05) is 4.90 Å². The van der Waals surface area contributed by atoms with Crippen LogP contribution < -0.4 is 0 Å². The Morgan fingerprint density at radius 2 is 2.24 bits per heavy atom. The molecule has 0 bridgehead atoms. The SMILES string of the molecule is CCS(=O)(=O)C1CSCCN1CCOCCO. The fourth-order valence-electron chi connectivity index (χ4n) is 1.74. The third kappa shape index (κ3) is 4.75. The zero-order valence-corrected chi connectivity index (χ0v) is 11.8. The van der Waals surface area contributed by atoms with E-state index in [1.165, 1.54) is 0 Å². The van der Waals surface area contributed by atoms with Gasteiger partial charge in [0.1, 0.15) is 5.37 Å². The van der Waals surface area contributed by atoms with Gasteiger partial charge in [-0.1, -0.05) is 6.92 Å². The monoisotopic (exact) mass is 283 g/mol. The number of ether oxygens (including phenoxy) is 1. The van der Waals surface area contributed by atoms with E-state index in [-0.39, 0.29) is 17.7 Å². The average Bonchev–Trinajstić information content (AvgIpc) is 2.35. The van der Waals surface area contributed by atoms with Crippen LogP contribution in [-0.4, -0.2) is 74.0 Å². The van der Waals surface area contributed by atoms with Crippen molar-refractivity contribution >= 4 is 21.6 Å². The first-order valence-electron chi connectivity index (χ1n) is 5.83. The van der Waals surface area contributed by atoms with Crippen LogP contribution in [0.4, 0.5) is 0 Å². The summed E-state index contributed by atoms with van der Waals surface area (Å²) < 4.78 is 29.0. The van der Waals surface area contributed by atoms with Crippen molar-refractivity contribution in [2.45, 2.75) is 12.3 Å². The van der Waals surface area contributed by atoms with Crippen molar-refractivity contribution in [3.63, 3.8) is 0 Å². The van der Waals surface area contributed by atoms with Crippen LogP contribution >= 0.6 is 11.8 Å². The first kappa shape index (κ1) is 15.2. The number of hydrogen-bond acceptors (Lipinski definition) is 6. The van der Waals surface area contributed by atoms with E-state index in [4.69, 9.17) is 9.84 Å². The highest BCUT2D eigenvalue weighted by Gasteiger charge is 2.32. The van der Waals surface area contributed by atoms with Crippen molar-refractivity contribution in [1.29, 1.82) is 0 Å². The molecule has 1 aliphatic rings. The summed E-state index contributed by atoms with van der Waals surface area (Å²) in [5.74, 6) is 1.80. The van der Waals surface area contributed by atoms with Gasteiger partial charge in [0.15, 0.2) is 9.84 Å². The highest BCUT2D eigenvalue weighted by Crippen LogP contribution is 2.20. The number of hydrogen-bond donors (Lipinski definition) is 1. The maximum Gasteiger partial charge on any atom is 0.166 e. The molecule has 0 aliphatic carbocycles. The van der Waals surface area contributed by atoms with Gasteiger partial charge in [0, 0.05) is 30.3 Å². The molecule has 0 saturated carbocycles. The molecule has 1 heterocycles. The summed E-state index contributed by atoms with van der Waals surface area (Å²) in [6.07, 6.45) is 0. The molecule has 0 aromatic carbocycles. The normalized spacial score (nSPS) is 22.8. The molecule has 7 heteroatoms. The Kier molecular flexibility index (Phi) is 6.79. The fourth-order valence-corrected chi connectivity index (χ4v) is 4.85. The van der Waals surface area contributed by atoms with Gasteiger partial charge in [-0.3, -0.25) is 4.90 Å². The lowest BCUT2D eigenvalue weighted by atomic mass is 10.4. The summed E-state index contributed by atoms with van der Waals surface area (Å²) in [7, 11) is -3.01. The van der Waals surface area contributed by atoms with Gasteiger partial charge in [-0.2, -0.15) is 11.8 Å². The molecule has 0 radical (unpaired) electrons. The van der Waals surface area contributed by atoms with E-state index >= 15 is 0 Å². The summed E-state index contributed by atoms with van der Waals surface area (Å²) in [4.78, 5) is 1.98. The number of aliphatic hydroxyl groups excluding tert-OH is 1. The Hall–Kier alpha value is 0.180. The Bertz CT molecular complexity index is 307. The van der Waals surface area contributed by atoms with Crippen molar-refractivity contribution in [2.24, 2.45) is 0 Å². The van der Waals surface area contributed by atoms with Gasteiger partial charge in [-0.25, -0.2) is 8.42 Å². The molecule has 1 atom stereocenters. The minimum atomic E-state index is -3.01. The molecule has 0 amide bonds. The quantitative estimate of drug-likeness (QED) is 0.653. The zero-order valence-electron chi connectivity index (χ0n) is 10.2. The predicted molar refractivity (Wildman–Crippen MR) is 70.1 cm³/mol. The molecule has 1 N–H and O–H groups in total. The lowest BCUT2D eigenvalue weighted by Gasteiger charge is -2.34. The molecule has 17 heavy (non-hydrogen) atoms. The van der Waals surface area contributed by atoms with Gasteiger partial charge in [0.2, 0.25) is 0 Å². The van der Waals surface area contributed by atoms with Gasteiger partial charge in [0.05, 0.1) is 19.8 Å². The highest BCUT2D eigenvalue weighted by molar-refractivity contribution is 8.01. The van der Waals surface area contributed by atoms with Crippen molar-refractivity contribution in [1.82, 2.24) is 4.90 Å². The number of rotatable bonds is 7. The van der Waals surface area contributed by atoms with Gasteiger partial charge in [0.25, 0.3) is 0 Å². The summed E-state index contributed by atoms with van der Waals surface area (Å²) in [6.45, 7) is 3.89. The molecule has 1 aliphatic heterocycles. The molecule has 0 aromatic rings. The fraction of sp³-hybridized carbons (Fsp3) is 1.00. The van der Waals surface area contributed by atoms with Crippen molar-refractivity contribution < 1.29 is 18.3 Å². The summed E-state index contributed by atoms with van der Waals surface area (Å²) in [5.41, 5.74) is 0. The van der Waals surface area contributed by atoms with Crippen LogP contribution in [0, 0.1) is 0 Å². The third-order valence-corrected chi connectivity index (χ3v) is 6.10. The molecule has 5 nitrogen and oxygen atoms in total. The highest BCUT2D eigenvalue weighted by atomic mass is 32.2. The minimum absolute atomic E-state index is 0.00649. The second kappa shape index (κ2) is 7.58. The second-order valence-electron chi connectivity index (χ2n) is 3.85. The minimum Gasteiger partial charge on any atom is -0.394 e. The zero-order chi connectivity index (χ0) is 12.7. The molecule has 1 fully saturated rings. The molecular weight excluding hydrogens is 262 g/mol. The Morgan fingerprint density at radius 3 is 2.88 bits per heavy atom. The lowest BCUT2D eigenvalue weighted by Crippen LogP contribution is -2.48. The topological polar surface area (TPSA) is 66.8 Å². The van der Waals surface area contributed by atoms with E-state index in [1.54, 1.807) is 18.7 Å². The molecule has 1 unspecified atom stereocenters. The first-order chi connectivity index (χ1) is 8.11. The number of nitrogens with zero attached hydrogens (tertiary/aromatic N) is 1. The van der Waals surface area contributed by atoms with Crippen LogP contribution in [0.15, 0.2) is 0 Å². The maximum atomic E-state index is 11.9. The maximum absolute atomic E-state index is 11.9. The number of aliphatic hydroxyl groups is 1. The first-order valence-corrected chi connectivity index (χ1v) is 8.70. The number of sulfone groups is 1. The van der Waals surface area contributed by atoms with Crippen LogP contribution in [0.25, 0.3) is 0 Å². The van der Waals surface area contributed by atoms with Crippen LogP contribution in [0.2, 0.25) is 0 Å².